The summed E-state index contributed by atoms with van der Waals surface area (Å²) in [4.78, 5) is 25.2. The lowest BCUT2D eigenvalue weighted by atomic mass is 10.2. The van der Waals surface area contributed by atoms with Crippen LogP contribution in [0.2, 0.25) is 0 Å². The molecule has 5 heteroatoms. The Morgan fingerprint density at radius 2 is 1.70 bits per heavy atom. The van der Waals surface area contributed by atoms with Gasteiger partial charge in [0.15, 0.2) is 0 Å². The van der Waals surface area contributed by atoms with Crippen molar-refractivity contribution in [3.8, 4) is 0 Å². The van der Waals surface area contributed by atoms with E-state index in [2.05, 4.69) is 24.0 Å². The predicted octanol–water partition coefficient (Wildman–Crippen LogP) is 2.59. The molecule has 1 amide bonds. The summed E-state index contributed by atoms with van der Waals surface area (Å²) in [6.45, 7) is 5.81. The van der Waals surface area contributed by atoms with Gasteiger partial charge in [0.05, 0.1) is 0 Å². The van der Waals surface area contributed by atoms with Gasteiger partial charge in [-0.15, -0.1) is 0 Å². The smallest absolute Gasteiger partial charge is 0.274 e. The van der Waals surface area contributed by atoms with Gasteiger partial charge in [0.2, 0.25) is 0 Å². The highest BCUT2D eigenvalue weighted by molar-refractivity contribution is 5.92. The van der Waals surface area contributed by atoms with Crippen molar-refractivity contribution in [2.45, 2.75) is 52.4 Å². The van der Waals surface area contributed by atoms with Crippen LogP contribution in [-0.2, 0) is 0 Å². The second kappa shape index (κ2) is 9.28. The van der Waals surface area contributed by atoms with Crippen LogP contribution >= 0.6 is 0 Å². The Balaban J connectivity index is 2.66. The van der Waals surface area contributed by atoms with Crippen LogP contribution in [0.3, 0.4) is 0 Å². The summed E-state index contributed by atoms with van der Waals surface area (Å²) < 4.78 is 0. The third kappa shape index (κ3) is 5.55. The van der Waals surface area contributed by atoms with Gasteiger partial charge in [0.25, 0.3) is 11.5 Å². The van der Waals surface area contributed by atoms with E-state index in [-0.39, 0.29) is 11.5 Å². The highest BCUT2D eigenvalue weighted by atomic mass is 16.2. The van der Waals surface area contributed by atoms with Crippen LogP contribution < -0.4 is 5.56 Å². The zero-order chi connectivity index (χ0) is 14.8. The quantitative estimate of drug-likeness (QED) is 0.707. The standard InChI is InChI=1S/C15H25N3O2/c1-3-5-7-11-18(12-8-6-4-2)15(20)13-9-10-14(19)17-16-13/h9-10H,3-8,11-12H2,1-2H3,(H,17,19). The van der Waals surface area contributed by atoms with E-state index in [0.717, 1.165) is 51.6 Å². The molecule has 0 saturated heterocycles. The Morgan fingerprint density at radius 3 is 2.15 bits per heavy atom. The van der Waals surface area contributed by atoms with Gasteiger partial charge in [-0.2, -0.15) is 5.10 Å². The molecule has 5 nitrogen and oxygen atoms in total. The largest absolute Gasteiger partial charge is 0.337 e. The average Bonchev–Trinajstić information content (AvgIpc) is 2.46. The molecule has 0 aliphatic carbocycles. The van der Waals surface area contributed by atoms with Crippen molar-refractivity contribution in [1.29, 1.82) is 0 Å². The van der Waals surface area contributed by atoms with Crippen molar-refractivity contribution < 1.29 is 4.79 Å². The number of carbonyl (C=O) groups is 1. The third-order valence-electron chi connectivity index (χ3n) is 3.25. The van der Waals surface area contributed by atoms with E-state index < -0.39 is 0 Å². The van der Waals surface area contributed by atoms with Crippen LogP contribution in [-0.4, -0.2) is 34.1 Å². The number of H-pyrrole nitrogens is 1. The number of carbonyl (C=O) groups excluding carboxylic acids is 1. The topological polar surface area (TPSA) is 66.1 Å². The van der Waals surface area contributed by atoms with Crippen LogP contribution in [0.15, 0.2) is 16.9 Å². The van der Waals surface area contributed by atoms with Crippen molar-refractivity contribution in [3.05, 3.63) is 28.2 Å². The summed E-state index contributed by atoms with van der Waals surface area (Å²) in [7, 11) is 0. The van der Waals surface area contributed by atoms with E-state index in [1.807, 2.05) is 4.90 Å². The molecule has 20 heavy (non-hydrogen) atoms. The Morgan fingerprint density at radius 1 is 1.10 bits per heavy atom. The second-order valence-corrected chi connectivity index (χ2v) is 5.01. The van der Waals surface area contributed by atoms with E-state index in [0.29, 0.717) is 5.69 Å². The number of unbranched alkanes of at least 4 members (excludes halogenated alkanes) is 4. The molecular weight excluding hydrogens is 254 g/mol. The molecule has 0 spiro atoms. The Kier molecular flexibility index (Phi) is 7.62. The predicted molar refractivity (Wildman–Crippen MR) is 79.8 cm³/mol. The summed E-state index contributed by atoms with van der Waals surface area (Å²) >= 11 is 0. The van der Waals surface area contributed by atoms with Gasteiger partial charge in [0, 0.05) is 19.2 Å². The maximum Gasteiger partial charge on any atom is 0.274 e. The van der Waals surface area contributed by atoms with Crippen LogP contribution in [0.5, 0.6) is 0 Å². The Labute approximate surface area is 120 Å². The molecule has 0 bridgehead atoms. The van der Waals surface area contributed by atoms with Crippen LogP contribution in [0, 0.1) is 0 Å². The first-order chi connectivity index (χ1) is 9.69. The number of hydrogen-bond acceptors (Lipinski definition) is 3. The van der Waals surface area contributed by atoms with Gasteiger partial charge in [0.1, 0.15) is 5.69 Å². The number of aromatic nitrogens is 2. The maximum atomic E-state index is 12.4. The van der Waals surface area contributed by atoms with Crippen LogP contribution in [0.1, 0.15) is 62.9 Å². The van der Waals surface area contributed by atoms with E-state index in [4.69, 9.17) is 0 Å². The maximum absolute atomic E-state index is 12.4. The number of aromatic amines is 1. The summed E-state index contributed by atoms with van der Waals surface area (Å²) in [5.41, 5.74) is 0.0302. The first-order valence-electron chi connectivity index (χ1n) is 7.54. The molecule has 1 N–H and O–H groups in total. The summed E-state index contributed by atoms with van der Waals surface area (Å²) in [6, 6.07) is 2.84. The first-order valence-corrected chi connectivity index (χ1v) is 7.54. The van der Waals surface area contributed by atoms with Gasteiger partial charge in [-0.1, -0.05) is 39.5 Å². The SMILES string of the molecule is CCCCCN(CCCCC)C(=O)c1ccc(=O)[nH]n1. The number of hydrogen-bond donors (Lipinski definition) is 1. The molecule has 0 aromatic carbocycles. The minimum atomic E-state index is -0.287. The average molecular weight is 279 g/mol. The van der Waals surface area contributed by atoms with Crippen molar-refractivity contribution in [2.24, 2.45) is 0 Å². The lowest BCUT2D eigenvalue weighted by Crippen LogP contribution is -2.34. The molecular formula is C15H25N3O2. The minimum absolute atomic E-state index is 0.0894. The van der Waals surface area contributed by atoms with Crippen LogP contribution in [0.4, 0.5) is 0 Å². The van der Waals surface area contributed by atoms with Crippen molar-refractivity contribution in [2.75, 3.05) is 13.1 Å². The molecule has 112 valence electrons. The van der Waals surface area contributed by atoms with Crippen molar-refractivity contribution in [3.63, 3.8) is 0 Å². The number of amides is 1. The summed E-state index contributed by atoms with van der Waals surface area (Å²) in [5, 5.41) is 6.14. The minimum Gasteiger partial charge on any atom is -0.337 e. The fraction of sp³-hybridized carbons (Fsp3) is 0.667. The zero-order valence-electron chi connectivity index (χ0n) is 12.5. The normalized spacial score (nSPS) is 10.5. The third-order valence-corrected chi connectivity index (χ3v) is 3.25. The first kappa shape index (κ1) is 16.4. The second-order valence-electron chi connectivity index (χ2n) is 5.01. The van der Waals surface area contributed by atoms with Crippen molar-refractivity contribution >= 4 is 5.91 Å². The molecule has 1 aromatic rings. The van der Waals surface area contributed by atoms with E-state index in [1.165, 1.54) is 12.1 Å². The van der Waals surface area contributed by atoms with Gasteiger partial charge >= 0.3 is 0 Å². The van der Waals surface area contributed by atoms with Gasteiger partial charge in [-0.3, -0.25) is 9.59 Å². The van der Waals surface area contributed by atoms with E-state index in [1.54, 1.807) is 0 Å². The molecule has 1 heterocycles. The van der Waals surface area contributed by atoms with Crippen molar-refractivity contribution in [1.82, 2.24) is 15.1 Å². The molecule has 0 atom stereocenters. The van der Waals surface area contributed by atoms with Gasteiger partial charge in [-0.25, -0.2) is 5.10 Å². The number of rotatable bonds is 9. The molecule has 0 saturated carbocycles. The fourth-order valence-electron chi connectivity index (χ4n) is 2.05. The van der Waals surface area contributed by atoms with Gasteiger partial charge in [-0.05, 0) is 18.9 Å². The molecule has 0 aliphatic rings. The molecule has 0 fully saturated rings. The molecule has 1 aromatic heterocycles. The highest BCUT2D eigenvalue weighted by Crippen LogP contribution is 2.06. The van der Waals surface area contributed by atoms with E-state index in [9.17, 15) is 9.59 Å². The Hall–Kier alpha value is -1.65. The van der Waals surface area contributed by atoms with Gasteiger partial charge < -0.3 is 4.90 Å². The highest BCUT2D eigenvalue weighted by Gasteiger charge is 2.16. The molecule has 1 rings (SSSR count). The lowest BCUT2D eigenvalue weighted by Gasteiger charge is -2.22. The summed E-state index contributed by atoms with van der Waals surface area (Å²) in [6.07, 6.45) is 6.53. The molecule has 0 aliphatic heterocycles. The Bertz CT molecular complexity index is 426. The van der Waals surface area contributed by atoms with Crippen LogP contribution in [0.25, 0.3) is 0 Å². The lowest BCUT2D eigenvalue weighted by molar-refractivity contribution is 0.0742. The summed E-state index contributed by atoms with van der Waals surface area (Å²) in [5.74, 6) is -0.0894. The molecule has 0 unspecified atom stereocenters. The van der Waals surface area contributed by atoms with E-state index >= 15 is 0 Å². The number of nitrogens with zero attached hydrogens (tertiary/aromatic N) is 2. The fourth-order valence-corrected chi connectivity index (χ4v) is 2.05. The molecule has 0 radical (unpaired) electrons. The number of nitrogens with one attached hydrogen (secondary N) is 1. The zero-order valence-corrected chi connectivity index (χ0v) is 12.5. The monoisotopic (exact) mass is 279 g/mol.